The van der Waals surface area contributed by atoms with Crippen LogP contribution in [0.2, 0.25) is 0 Å². The largest absolute Gasteiger partial charge is 0.507 e. The van der Waals surface area contributed by atoms with E-state index in [0.29, 0.717) is 48.2 Å². The summed E-state index contributed by atoms with van der Waals surface area (Å²) in [7, 11) is 0. The molecular formula is C30H29NO6. The van der Waals surface area contributed by atoms with Crippen LogP contribution < -0.4 is 14.2 Å². The summed E-state index contributed by atoms with van der Waals surface area (Å²) in [6.07, 6.45) is 1.99. The van der Waals surface area contributed by atoms with Crippen LogP contribution in [0.1, 0.15) is 42.5 Å². The summed E-state index contributed by atoms with van der Waals surface area (Å²) >= 11 is 0. The highest BCUT2D eigenvalue weighted by Crippen LogP contribution is 2.42. The summed E-state index contributed by atoms with van der Waals surface area (Å²) in [6, 6.07) is 21.1. The van der Waals surface area contributed by atoms with Gasteiger partial charge in [-0.05, 0) is 47.9 Å². The Labute approximate surface area is 215 Å². The van der Waals surface area contributed by atoms with Gasteiger partial charge in [-0.15, -0.1) is 0 Å². The van der Waals surface area contributed by atoms with Crippen molar-refractivity contribution in [2.75, 3.05) is 19.8 Å². The number of ketones is 1. The smallest absolute Gasteiger partial charge is 0.295 e. The number of Topliss-reactive ketones (excluding diaryl/α,β-unsaturated/α-hetero) is 1. The molecule has 7 heteroatoms. The number of carbonyl (C=O) groups is 2. The lowest BCUT2D eigenvalue weighted by atomic mass is 9.95. The van der Waals surface area contributed by atoms with E-state index in [2.05, 4.69) is 6.92 Å². The van der Waals surface area contributed by atoms with Crippen LogP contribution in [-0.2, 0) is 16.1 Å². The first kappa shape index (κ1) is 24.4. The monoisotopic (exact) mass is 499 g/mol. The highest BCUT2D eigenvalue weighted by molar-refractivity contribution is 6.46. The van der Waals surface area contributed by atoms with Crippen LogP contribution in [0.25, 0.3) is 5.76 Å². The number of amides is 1. The number of carbonyl (C=O) groups excluding carboxylic acids is 2. The average molecular weight is 500 g/mol. The zero-order chi connectivity index (χ0) is 25.8. The van der Waals surface area contributed by atoms with E-state index in [0.717, 1.165) is 18.4 Å². The van der Waals surface area contributed by atoms with Gasteiger partial charge in [0.25, 0.3) is 11.7 Å². The summed E-state index contributed by atoms with van der Waals surface area (Å²) in [5.41, 5.74) is 2.01. The van der Waals surface area contributed by atoms with E-state index in [1.807, 2.05) is 54.6 Å². The fourth-order valence-electron chi connectivity index (χ4n) is 4.60. The number of rotatable bonds is 8. The zero-order valence-corrected chi connectivity index (χ0v) is 20.7. The van der Waals surface area contributed by atoms with Crippen LogP contribution in [0.15, 0.2) is 78.4 Å². The first-order valence-electron chi connectivity index (χ1n) is 12.5. The zero-order valence-electron chi connectivity index (χ0n) is 20.7. The Bertz CT molecular complexity index is 1320. The fourth-order valence-corrected chi connectivity index (χ4v) is 4.60. The number of nitrogens with zero attached hydrogens (tertiary/aromatic N) is 1. The maximum absolute atomic E-state index is 13.3. The van der Waals surface area contributed by atoms with Gasteiger partial charge in [0.05, 0.1) is 18.2 Å². The van der Waals surface area contributed by atoms with Crippen LogP contribution in [0.5, 0.6) is 17.2 Å². The van der Waals surface area contributed by atoms with Gasteiger partial charge >= 0.3 is 0 Å². The van der Waals surface area contributed by atoms with Gasteiger partial charge in [0, 0.05) is 12.1 Å². The number of fused-ring (bicyclic) bond motifs is 1. The van der Waals surface area contributed by atoms with Crippen LogP contribution in [0.3, 0.4) is 0 Å². The SMILES string of the molecule is CCCCOc1ccc(C2/C(=C(\O)c3ccc4c(c3)OCCO4)C(=O)C(=O)N2Cc2ccccc2)cc1. The average Bonchev–Trinajstić information content (AvgIpc) is 3.18. The summed E-state index contributed by atoms with van der Waals surface area (Å²) in [5.74, 6) is 0.137. The van der Waals surface area contributed by atoms with Crippen molar-refractivity contribution in [2.24, 2.45) is 0 Å². The molecule has 0 spiro atoms. The molecule has 1 fully saturated rings. The summed E-state index contributed by atoms with van der Waals surface area (Å²) in [4.78, 5) is 28.1. The van der Waals surface area contributed by atoms with Crippen molar-refractivity contribution in [3.05, 3.63) is 95.1 Å². The number of aliphatic hydroxyl groups is 1. The first-order chi connectivity index (χ1) is 18.1. The molecule has 3 aromatic rings. The van der Waals surface area contributed by atoms with Crippen molar-refractivity contribution in [3.63, 3.8) is 0 Å². The lowest BCUT2D eigenvalue weighted by Crippen LogP contribution is -2.29. The Hall–Kier alpha value is -4.26. The molecule has 2 heterocycles. The Morgan fingerprint density at radius 3 is 2.43 bits per heavy atom. The van der Waals surface area contributed by atoms with Crippen LogP contribution >= 0.6 is 0 Å². The minimum atomic E-state index is -0.766. The van der Waals surface area contributed by atoms with Gasteiger partial charge in [0.2, 0.25) is 0 Å². The Kier molecular flexibility index (Phi) is 7.12. The van der Waals surface area contributed by atoms with E-state index in [9.17, 15) is 14.7 Å². The summed E-state index contributed by atoms with van der Waals surface area (Å²) < 4.78 is 17.0. The van der Waals surface area contributed by atoms with Gasteiger partial charge < -0.3 is 24.2 Å². The predicted molar refractivity (Wildman–Crippen MR) is 139 cm³/mol. The van der Waals surface area contributed by atoms with E-state index in [1.54, 1.807) is 18.2 Å². The molecular weight excluding hydrogens is 470 g/mol. The van der Waals surface area contributed by atoms with Crippen molar-refractivity contribution in [2.45, 2.75) is 32.4 Å². The second kappa shape index (κ2) is 10.8. The van der Waals surface area contributed by atoms with E-state index < -0.39 is 17.7 Å². The van der Waals surface area contributed by atoms with Crippen molar-refractivity contribution >= 4 is 17.4 Å². The van der Waals surface area contributed by atoms with Crippen LogP contribution in [0.4, 0.5) is 0 Å². The topological polar surface area (TPSA) is 85.3 Å². The summed E-state index contributed by atoms with van der Waals surface area (Å²) in [5, 5.41) is 11.4. The van der Waals surface area contributed by atoms with E-state index in [-0.39, 0.29) is 17.9 Å². The standard InChI is InChI=1S/C30H29NO6/c1-2-3-15-35-23-12-9-21(10-13-23)27-26(28(32)22-11-14-24-25(18-22)37-17-16-36-24)29(33)30(34)31(27)19-20-7-5-4-6-8-20/h4-14,18,27,32H,2-3,15-17,19H2,1H3/b28-26+. The third-order valence-electron chi connectivity index (χ3n) is 6.51. The third-order valence-corrected chi connectivity index (χ3v) is 6.51. The second-order valence-corrected chi connectivity index (χ2v) is 9.04. The lowest BCUT2D eigenvalue weighted by Gasteiger charge is -2.26. The molecule has 1 saturated heterocycles. The maximum atomic E-state index is 13.3. The molecule has 1 N–H and O–H groups in total. The van der Waals surface area contributed by atoms with E-state index in [4.69, 9.17) is 14.2 Å². The van der Waals surface area contributed by atoms with E-state index in [1.165, 1.54) is 4.90 Å². The molecule has 1 unspecified atom stereocenters. The van der Waals surface area contributed by atoms with Crippen molar-refractivity contribution in [1.82, 2.24) is 4.90 Å². The molecule has 1 amide bonds. The molecule has 0 aromatic heterocycles. The van der Waals surface area contributed by atoms with Gasteiger partial charge in [-0.3, -0.25) is 9.59 Å². The maximum Gasteiger partial charge on any atom is 0.295 e. The number of aliphatic hydroxyl groups excluding tert-OH is 1. The minimum absolute atomic E-state index is 0.0391. The Balaban J connectivity index is 1.56. The fraction of sp³-hybridized carbons (Fsp3) is 0.267. The first-order valence-corrected chi connectivity index (χ1v) is 12.5. The summed E-state index contributed by atoms with van der Waals surface area (Å²) in [6.45, 7) is 3.78. The number of ether oxygens (including phenoxy) is 3. The highest BCUT2D eigenvalue weighted by Gasteiger charge is 2.46. The molecule has 190 valence electrons. The quantitative estimate of drug-likeness (QED) is 0.197. The van der Waals surface area contributed by atoms with E-state index >= 15 is 0 Å². The van der Waals surface area contributed by atoms with Crippen molar-refractivity contribution in [3.8, 4) is 17.2 Å². The number of benzene rings is 3. The number of hydrogen-bond donors (Lipinski definition) is 1. The Morgan fingerprint density at radius 2 is 1.70 bits per heavy atom. The van der Waals surface area contributed by atoms with Gasteiger partial charge in [-0.1, -0.05) is 55.8 Å². The van der Waals surface area contributed by atoms with Crippen molar-refractivity contribution < 1.29 is 28.9 Å². The number of hydrogen-bond acceptors (Lipinski definition) is 6. The van der Waals surface area contributed by atoms with Gasteiger partial charge in [0.15, 0.2) is 11.5 Å². The normalized spacial score (nSPS) is 18.2. The number of likely N-dealkylation sites (tertiary alicyclic amines) is 1. The second-order valence-electron chi connectivity index (χ2n) is 9.04. The molecule has 3 aromatic carbocycles. The van der Waals surface area contributed by atoms with Crippen LogP contribution in [-0.4, -0.2) is 41.5 Å². The predicted octanol–water partition coefficient (Wildman–Crippen LogP) is 5.26. The lowest BCUT2D eigenvalue weighted by molar-refractivity contribution is -0.140. The molecule has 0 saturated carbocycles. The van der Waals surface area contributed by atoms with Crippen LogP contribution in [0, 0.1) is 0 Å². The molecule has 0 radical (unpaired) electrons. The van der Waals surface area contributed by atoms with Crippen molar-refractivity contribution in [1.29, 1.82) is 0 Å². The molecule has 5 rings (SSSR count). The minimum Gasteiger partial charge on any atom is -0.507 e. The van der Waals surface area contributed by atoms with Gasteiger partial charge in [-0.25, -0.2) is 0 Å². The van der Waals surface area contributed by atoms with Gasteiger partial charge in [0.1, 0.15) is 24.7 Å². The molecule has 37 heavy (non-hydrogen) atoms. The molecule has 2 aliphatic heterocycles. The van der Waals surface area contributed by atoms with Gasteiger partial charge in [-0.2, -0.15) is 0 Å². The molecule has 0 aliphatic carbocycles. The molecule has 1 atom stereocenters. The highest BCUT2D eigenvalue weighted by atomic mass is 16.6. The molecule has 7 nitrogen and oxygen atoms in total. The third kappa shape index (κ3) is 5.03. The molecule has 2 aliphatic rings. The number of unbranched alkanes of at least 4 members (excludes halogenated alkanes) is 1. The molecule has 0 bridgehead atoms. The Morgan fingerprint density at radius 1 is 0.973 bits per heavy atom.